The topological polar surface area (TPSA) is 80.5 Å². The first kappa shape index (κ1) is 24.4. The Morgan fingerprint density at radius 1 is 1.39 bits per heavy atom. The number of aliphatic imine (C=N–C) groups is 2. The summed E-state index contributed by atoms with van der Waals surface area (Å²) in [5.41, 5.74) is -0.228. The third kappa shape index (κ3) is 6.31. The van der Waals surface area contributed by atoms with E-state index in [0.717, 1.165) is 24.1 Å². The number of hydrogen-bond acceptors (Lipinski definition) is 4. The molecule has 1 aromatic carbocycles. The van der Waals surface area contributed by atoms with Gasteiger partial charge in [-0.2, -0.15) is 18.2 Å². The Kier molecular flexibility index (Phi) is 7.85. The molecule has 0 saturated heterocycles. The molecule has 2 amide bonds. The molecule has 11 heteroatoms. The minimum Gasteiger partial charge on any atom is -0.355 e. The Labute approximate surface area is 183 Å². The van der Waals surface area contributed by atoms with Gasteiger partial charge in [-0.25, -0.2) is 9.79 Å². The lowest BCUT2D eigenvalue weighted by atomic mass is 10.2. The number of amidine groups is 1. The second-order valence-electron chi connectivity index (χ2n) is 6.94. The van der Waals surface area contributed by atoms with Crippen LogP contribution in [0.1, 0.15) is 26.3 Å². The second-order valence-corrected chi connectivity index (χ2v) is 7.38. The van der Waals surface area contributed by atoms with Crippen molar-refractivity contribution in [1.82, 2.24) is 15.1 Å². The fourth-order valence-electron chi connectivity index (χ4n) is 2.68. The van der Waals surface area contributed by atoms with E-state index in [1.807, 2.05) is 0 Å². The minimum absolute atomic E-state index is 0.0289. The van der Waals surface area contributed by atoms with Crippen LogP contribution < -0.4 is 5.32 Å². The average molecular weight is 458 g/mol. The molecule has 1 aliphatic rings. The zero-order valence-electron chi connectivity index (χ0n) is 17.2. The number of guanidine groups is 1. The molecule has 1 aliphatic heterocycles. The van der Waals surface area contributed by atoms with Crippen molar-refractivity contribution in [2.45, 2.75) is 45.9 Å². The number of rotatable bonds is 5. The number of carbonyl (C=O) groups excluding carboxylic acids is 1. The molecule has 2 rings (SSSR count). The molecule has 1 heterocycles. The molecule has 0 bridgehead atoms. The summed E-state index contributed by atoms with van der Waals surface area (Å²) in [7, 11) is 0. The summed E-state index contributed by atoms with van der Waals surface area (Å²) in [6.45, 7) is 7.72. The SMILES string of the molecule is C=CN=C(/C=C(\C)C(F)(F)F)NC1=NC(O)N(C(C)C)C(=O)N1Cc1ccc(Cl)cc1. The van der Waals surface area contributed by atoms with Gasteiger partial charge in [-0.05, 0) is 44.5 Å². The van der Waals surface area contributed by atoms with E-state index in [1.54, 1.807) is 38.1 Å². The maximum Gasteiger partial charge on any atom is 0.412 e. The van der Waals surface area contributed by atoms with Gasteiger partial charge in [0.2, 0.25) is 12.3 Å². The Morgan fingerprint density at radius 2 is 2.00 bits per heavy atom. The molecule has 1 atom stereocenters. The highest BCUT2D eigenvalue weighted by molar-refractivity contribution is 6.30. The van der Waals surface area contributed by atoms with E-state index in [0.29, 0.717) is 10.6 Å². The Hall–Kier alpha value is -2.85. The quantitative estimate of drug-likeness (QED) is 0.512. The maximum absolute atomic E-state index is 13.1. The van der Waals surface area contributed by atoms with Gasteiger partial charge in [0.05, 0.1) is 6.54 Å². The van der Waals surface area contributed by atoms with Gasteiger partial charge in [-0.1, -0.05) is 30.3 Å². The van der Waals surface area contributed by atoms with Crippen molar-refractivity contribution in [2.75, 3.05) is 0 Å². The molecule has 0 spiro atoms. The van der Waals surface area contributed by atoms with Gasteiger partial charge < -0.3 is 10.4 Å². The molecule has 2 N–H and O–H groups in total. The zero-order valence-corrected chi connectivity index (χ0v) is 17.9. The lowest BCUT2D eigenvalue weighted by Gasteiger charge is -2.39. The molecule has 1 unspecified atom stereocenters. The summed E-state index contributed by atoms with van der Waals surface area (Å²) >= 11 is 5.90. The molecule has 0 radical (unpaired) electrons. The number of nitrogens with one attached hydrogen (secondary N) is 1. The van der Waals surface area contributed by atoms with E-state index < -0.39 is 24.1 Å². The predicted octanol–water partition coefficient (Wildman–Crippen LogP) is 4.26. The summed E-state index contributed by atoms with van der Waals surface area (Å²) in [6.07, 6.45) is -4.27. The van der Waals surface area contributed by atoms with Gasteiger partial charge in [-0.15, -0.1) is 0 Å². The number of amides is 2. The molecule has 1 aromatic rings. The fraction of sp³-hybridized carbons (Fsp3) is 0.350. The Bertz CT molecular complexity index is 910. The standard InChI is InChI=1S/C20H23ClF3N5O2/c1-5-25-16(10-13(4)20(22,23)24)26-17-27-18(30)29(12(2)3)19(31)28(17)11-14-6-8-15(21)9-7-14/h5-10,12,18,30H,1,11H2,2-4H3,(H,25,26,27)/b13-10+. The first-order valence-corrected chi connectivity index (χ1v) is 9.63. The van der Waals surface area contributed by atoms with E-state index in [9.17, 15) is 23.1 Å². The van der Waals surface area contributed by atoms with Crippen molar-refractivity contribution in [3.8, 4) is 0 Å². The van der Waals surface area contributed by atoms with Crippen LogP contribution in [-0.4, -0.2) is 51.3 Å². The monoisotopic (exact) mass is 457 g/mol. The largest absolute Gasteiger partial charge is 0.412 e. The highest BCUT2D eigenvalue weighted by atomic mass is 35.5. The van der Waals surface area contributed by atoms with Crippen LogP contribution in [0.5, 0.6) is 0 Å². The van der Waals surface area contributed by atoms with Gasteiger partial charge in [0, 0.05) is 22.8 Å². The van der Waals surface area contributed by atoms with Gasteiger partial charge >= 0.3 is 12.2 Å². The van der Waals surface area contributed by atoms with Crippen molar-refractivity contribution in [3.05, 3.63) is 59.3 Å². The van der Waals surface area contributed by atoms with Gasteiger partial charge in [0.25, 0.3) is 0 Å². The van der Waals surface area contributed by atoms with Crippen LogP contribution in [0.4, 0.5) is 18.0 Å². The number of halogens is 4. The molecule has 0 fully saturated rings. The lowest BCUT2D eigenvalue weighted by Crippen LogP contribution is -2.60. The van der Waals surface area contributed by atoms with Crippen molar-refractivity contribution in [3.63, 3.8) is 0 Å². The van der Waals surface area contributed by atoms with Crippen LogP contribution in [0.3, 0.4) is 0 Å². The second kappa shape index (κ2) is 9.97. The van der Waals surface area contributed by atoms with Crippen LogP contribution in [0.25, 0.3) is 0 Å². The Balaban J connectivity index is 2.44. The number of aliphatic hydroxyl groups is 1. The normalized spacial score (nSPS) is 18.4. The number of alkyl halides is 3. The minimum atomic E-state index is -4.56. The Morgan fingerprint density at radius 3 is 2.52 bits per heavy atom. The average Bonchev–Trinajstić information content (AvgIpc) is 2.65. The fourth-order valence-corrected chi connectivity index (χ4v) is 2.80. The highest BCUT2D eigenvalue weighted by Gasteiger charge is 2.37. The third-order valence-electron chi connectivity index (χ3n) is 4.27. The molecule has 7 nitrogen and oxygen atoms in total. The number of hydrogen-bond donors (Lipinski definition) is 2. The van der Waals surface area contributed by atoms with Crippen LogP contribution in [0.2, 0.25) is 5.02 Å². The molecular formula is C20H23ClF3N5O2. The number of carbonyl (C=O) groups is 1. The molecule has 168 valence electrons. The number of urea groups is 1. The lowest BCUT2D eigenvalue weighted by molar-refractivity contribution is -0.0912. The first-order valence-electron chi connectivity index (χ1n) is 9.25. The summed E-state index contributed by atoms with van der Waals surface area (Å²) in [4.78, 5) is 23.3. The number of allylic oxidation sites excluding steroid dienone is 1. The predicted molar refractivity (Wildman–Crippen MR) is 113 cm³/mol. The summed E-state index contributed by atoms with van der Waals surface area (Å²) in [6, 6.07) is 5.73. The van der Waals surface area contributed by atoms with Gasteiger partial charge in [0.1, 0.15) is 5.84 Å². The third-order valence-corrected chi connectivity index (χ3v) is 4.53. The van der Waals surface area contributed by atoms with Gasteiger partial charge in [-0.3, -0.25) is 9.80 Å². The van der Waals surface area contributed by atoms with Crippen molar-refractivity contribution in [1.29, 1.82) is 0 Å². The molecule has 0 aliphatic carbocycles. The van der Waals surface area contributed by atoms with E-state index in [1.165, 1.54) is 4.90 Å². The summed E-state index contributed by atoms with van der Waals surface area (Å²) in [5, 5.41) is 13.4. The molecular weight excluding hydrogens is 435 g/mol. The van der Waals surface area contributed by atoms with Crippen LogP contribution in [0, 0.1) is 0 Å². The molecule has 31 heavy (non-hydrogen) atoms. The molecule has 0 saturated carbocycles. The summed E-state index contributed by atoms with van der Waals surface area (Å²) in [5.74, 6) is -0.404. The maximum atomic E-state index is 13.1. The number of benzene rings is 1. The van der Waals surface area contributed by atoms with E-state index in [-0.39, 0.29) is 24.4 Å². The first-order chi connectivity index (χ1) is 14.4. The van der Waals surface area contributed by atoms with E-state index in [2.05, 4.69) is 21.9 Å². The van der Waals surface area contributed by atoms with Crippen molar-refractivity contribution >= 4 is 29.4 Å². The van der Waals surface area contributed by atoms with Crippen LogP contribution >= 0.6 is 11.6 Å². The van der Waals surface area contributed by atoms with Crippen LogP contribution in [-0.2, 0) is 6.54 Å². The summed E-state index contributed by atoms with van der Waals surface area (Å²) < 4.78 is 38.9. The van der Waals surface area contributed by atoms with E-state index in [4.69, 9.17) is 11.6 Å². The smallest absolute Gasteiger partial charge is 0.355 e. The van der Waals surface area contributed by atoms with Gasteiger partial charge in [0.15, 0.2) is 0 Å². The molecule has 0 aromatic heterocycles. The van der Waals surface area contributed by atoms with Crippen LogP contribution in [0.15, 0.2) is 58.7 Å². The number of nitrogens with zero attached hydrogens (tertiary/aromatic N) is 4. The highest BCUT2D eigenvalue weighted by Crippen LogP contribution is 2.25. The van der Waals surface area contributed by atoms with Crippen molar-refractivity contribution in [2.24, 2.45) is 9.98 Å². The zero-order chi connectivity index (χ0) is 23.3. The number of aliphatic hydroxyl groups excluding tert-OH is 1. The van der Waals surface area contributed by atoms with Crippen molar-refractivity contribution < 1.29 is 23.1 Å². The van der Waals surface area contributed by atoms with E-state index >= 15 is 0 Å².